The van der Waals surface area contributed by atoms with Crippen molar-refractivity contribution in [1.29, 1.82) is 0 Å². The van der Waals surface area contributed by atoms with Gasteiger partial charge in [0.05, 0.1) is 24.2 Å². The predicted molar refractivity (Wildman–Crippen MR) is 60.8 cm³/mol. The number of aromatic nitrogens is 2. The standard InChI is InChI=1S/C10H13N3O3S/c1-7(9-4-3-5-16-9)13-17(14,15)10-6-11-12-8(10)2/h3-7,13H,1-2H3,(H,11,12). The molecule has 0 aliphatic rings. The molecule has 0 spiro atoms. The molecule has 1 atom stereocenters. The molecule has 0 saturated carbocycles. The minimum atomic E-state index is -3.58. The molecule has 0 fully saturated rings. The van der Waals surface area contributed by atoms with Gasteiger partial charge in [0.1, 0.15) is 10.7 Å². The highest BCUT2D eigenvalue weighted by molar-refractivity contribution is 7.89. The summed E-state index contributed by atoms with van der Waals surface area (Å²) in [7, 11) is -3.58. The van der Waals surface area contributed by atoms with Gasteiger partial charge in [0.25, 0.3) is 0 Å². The lowest BCUT2D eigenvalue weighted by Crippen LogP contribution is -2.26. The molecule has 17 heavy (non-hydrogen) atoms. The maximum atomic E-state index is 12.0. The first-order valence-corrected chi connectivity index (χ1v) is 6.55. The first-order chi connectivity index (χ1) is 8.00. The van der Waals surface area contributed by atoms with Gasteiger partial charge in [0.15, 0.2) is 0 Å². The van der Waals surface area contributed by atoms with E-state index in [1.165, 1.54) is 12.5 Å². The Morgan fingerprint density at radius 2 is 2.29 bits per heavy atom. The fourth-order valence-corrected chi connectivity index (χ4v) is 2.85. The molecule has 0 aliphatic heterocycles. The molecular weight excluding hydrogens is 242 g/mol. The van der Waals surface area contributed by atoms with Crippen molar-refractivity contribution < 1.29 is 12.8 Å². The van der Waals surface area contributed by atoms with Crippen LogP contribution in [0.5, 0.6) is 0 Å². The van der Waals surface area contributed by atoms with Crippen LogP contribution in [0.3, 0.4) is 0 Å². The molecule has 0 aromatic carbocycles. The zero-order valence-corrected chi connectivity index (χ0v) is 10.3. The summed E-state index contributed by atoms with van der Waals surface area (Å²) in [5.74, 6) is 0.565. The molecule has 0 amide bonds. The highest BCUT2D eigenvalue weighted by Crippen LogP contribution is 2.18. The van der Waals surface area contributed by atoms with Crippen LogP contribution in [-0.2, 0) is 10.0 Å². The molecule has 2 N–H and O–H groups in total. The van der Waals surface area contributed by atoms with Gasteiger partial charge in [-0.05, 0) is 26.0 Å². The van der Waals surface area contributed by atoms with E-state index in [1.54, 1.807) is 26.0 Å². The number of furan rings is 1. The third-order valence-corrected chi connectivity index (χ3v) is 4.03. The van der Waals surface area contributed by atoms with Crippen LogP contribution in [-0.4, -0.2) is 18.6 Å². The Kier molecular flexibility index (Phi) is 3.03. The van der Waals surface area contributed by atoms with Crippen molar-refractivity contribution in [2.24, 2.45) is 0 Å². The van der Waals surface area contributed by atoms with Crippen molar-refractivity contribution in [2.75, 3.05) is 0 Å². The molecule has 0 aliphatic carbocycles. The van der Waals surface area contributed by atoms with Crippen LogP contribution in [0.2, 0.25) is 0 Å². The van der Waals surface area contributed by atoms with E-state index < -0.39 is 16.1 Å². The normalized spacial score (nSPS) is 13.8. The van der Waals surface area contributed by atoms with Crippen LogP contribution < -0.4 is 4.72 Å². The number of nitrogens with zero attached hydrogens (tertiary/aromatic N) is 1. The number of nitrogens with one attached hydrogen (secondary N) is 2. The quantitative estimate of drug-likeness (QED) is 0.863. The van der Waals surface area contributed by atoms with E-state index in [0.29, 0.717) is 11.5 Å². The number of hydrogen-bond donors (Lipinski definition) is 2. The minimum absolute atomic E-state index is 0.149. The van der Waals surface area contributed by atoms with Gasteiger partial charge in [-0.15, -0.1) is 0 Å². The van der Waals surface area contributed by atoms with Crippen molar-refractivity contribution in [3.63, 3.8) is 0 Å². The van der Waals surface area contributed by atoms with Gasteiger partial charge in [-0.2, -0.15) is 5.10 Å². The third kappa shape index (κ3) is 2.40. The number of rotatable bonds is 4. The van der Waals surface area contributed by atoms with E-state index in [4.69, 9.17) is 4.42 Å². The predicted octanol–water partition coefficient (Wildman–Crippen LogP) is 1.35. The van der Waals surface area contributed by atoms with Gasteiger partial charge >= 0.3 is 0 Å². The van der Waals surface area contributed by atoms with Crippen LogP contribution in [0.1, 0.15) is 24.4 Å². The summed E-state index contributed by atoms with van der Waals surface area (Å²) in [5.41, 5.74) is 0.504. The average molecular weight is 255 g/mol. The number of sulfonamides is 1. The molecule has 0 saturated heterocycles. The monoisotopic (exact) mass is 255 g/mol. The van der Waals surface area contributed by atoms with Gasteiger partial charge in [-0.25, -0.2) is 13.1 Å². The molecule has 1 unspecified atom stereocenters. The van der Waals surface area contributed by atoms with Crippen molar-refractivity contribution in [3.8, 4) is 0 Å². The van der Waals surface area contributed by atoms with Gasteiger partial charge in [-0.1, -0.05) is 0 Å². The second-order valence-electron chi connectivity index (χ2n) is 3.72. The Labute approximate surface area is 99.1 Å². The lowest BCUT2D eigenvalue weighted by Gasteiger charge is -2.11. The van der Waals surface area contributed by atoms with Crippen molar-refractivity contribution >= 4 is 10.0 Å². The highest BCUT2D eigenvalue weighted by Gasteiger charge is 2.22. The first kappa shape index (κ1) is 11.9. The minimum Gasteiger partial charge on any atom is -0.468 e. The van der Waals surface area contributed by atoms with E-state index in [1.807, 2.05) is 0 Å². The molecule has 92 valence electrons. The molecule has 2 aromatic rings. The van der Waals surface area contributed by atoms with E-state index in [0.717, 1.165) is 0 Å². The molecule has 2 rings (SSSR count). The molecular formula is C10H13N3O3S. The largest absolute Gasteiger partial charge is 0.468 e. The van der Waals surface area contributed by atoms with E-state index in [-0.39, 0.29) is 4.90 Å². The summed E-state index contributed by atoms with van der Waals surface area (Å²) in [4.78, 5) is 0.149. The topological polar surface area (TPSA) is 88.0 Å². The van der Waals surface area contributed by atoms with Crippen molar-refractivity contribution in [2.45, 2.75) is 24.8 Å². The molecule has 6 nitrogen and oxygen atoms in total. The van der Waals surface area contributed by atoms with E-state index >= 15 is 0 Å². The average Bonchev–Trinajstić information content (AvgIpc) is 2.85. The maximum absolute atomic E-state index is 12.0. The summed E-state index contributed by atoms with van der Waals surface area (Å²) < 4.78 is 31.7. The second-order valence-corrected chi connectivity index (χ2v) is 5.40. The van der Waals surface area contributed by atoms with Gasteiger partial charge in [-0.3, -0.25) is 5.10 Å². The fourth-order valence-electron chi connectivity index (χ4n) is 1.50. The van der Waals surface area contributed by atoms with Gasteiger partial charge < -0.3 is 4.42 Å². The number of aryl methyl sites for hydroxylation is 1. The molecule has 0 radical (unpaired) electrons. The number of hydrogen-bond acceptors (Lipinski definition) is 4. The second kappa shape index (κ2) is 4.34. The fraction of sp³-hybridized carbons (Fsp3) is 0.300. The lowest BCUT2D eigenvalue weighted by atomic mass is 10.3. The number of H-pyrrole nitrogens is 1. The Hall–Kier alpha value is -1.60. The summed E-state index contributed by atoms with van der Waals surface area (Å²) >= 11 is 0. The van der Waals surface area contributed by atoms with E-state index in [2.05, 4.69) is 14.9 Å². The van der Waals surface area contributed by atoms with Gasteiger partial charge in [0, 0.05) is 0 Å². The molecule has 2 aromatic heterocycles. The lowest BCUT2D eigenvalue weighted by molar-refractivity contribution is 0.459. The third-order valence-electron chi connectivity index (χ3n) is 2.38. The van der Waals surface area contributed by atoms with Crippen LogP contribution in [0.25, 0.3) is 0 Å². The molecule has 0 bridgehead atoms. The smallest absolute Gasteiger partial charge is 0.244 e. The molecule has 7 heteroatoms. The zero-order valence-electron chi connectivity index (χ0n) is 9.47. The first-order valence-electron chi connectivity index (χ1n) is 5.06. The van der Waals surface area contributed by atoms with Crippen LogP contribution in [0, 0.1) is 6.92 Å². The van der Waals surface area contributed by atoms with Crippen molar-refractivity contribution in [1.82, 2.24) is 14.9 Å². The van der Waals surface area contributed by atoms with Crippen LogP contribution in [0.4, 0.5) is 0 Å². The Morgan fingerprint density at radius 1 is 1.53 bits per heavy atom. The van der Waals surface area contributed by atoms with Crippen LogP contribution >= 0.6 is 0 Å². The Balaban J connectivity index is 2.22. The molecule has 2 heterocycles. The summed E-state index contributed by atoms with van der Waals surface area (Å²) in [5, 5.41) is 6.28. The summed E-state index contributed by atoms with van der Waals surface area (Å²) in [6.07, 6.45) is 2.79. The number of aromatic amines is 1. The SMILES string of the molecule is Cc1[nH]ncc1S(=O)(=O)NC(C)c1ccco1. The maximum Gasteiger partial charge on any atom is 0.244 e. The summed E-state index contributed by atoms with van der Waals surface area (Å²) in [6, 6.07) is 3.00. The summed E-state index contributed by atoms with van der Waals surface area (Å²) in [6.45, 7) is 3.37. The Bertz CT molecular complexity index is 586. The zero-order chi connectivity index (χ0) is 12.5. The van der Waals surface area contributed by atoms with Crippen LogP contribution in [0.15, 0.2) is 33.9 Å². The highest BCUT2D eigenvalue weighted by atomic mass is 32.2. The van der Waals surface area contributed by atoms with Crippen molar-refractivity contribution in [3.05, 3.63) is 36.0 Å². The van der Waals surface area contributed by atoms with Gasteiger partial charge in [0.2, 0.25) is 10.0 Å². The Morgan fingerprint density at radius 3 is 2.82 bits per heavy atom. The van der Waals surface area contributed by atoms with E-state index in [9.17, 15) is 8.42 Å².